The van der Waals surface area contributed by atoms with E-state index < -0.39 is 0 Å². The molecular formula is C11H17BrClN3. The van der Waals surface area contributed by atoms with E-state index in [2.05, 4.69) is 31.5 Å². The van der Waals surface area contributed by atoms with E-state index in [4.69, 9.17) is 0 Å². The van der Waals surface area contributed by atoms with Crippen LogP contribution in [0.4, 0.5) is 5.82 Å². The Morgan fingerprint density at radius 2 is 2.31 bits per heavy atom. The number of piperidine rings is 1. The fourth-order valence-electron chi connectivity index (χ4n) is 1.83. The van der Waals surface area contributed by atoms with Crippen molar-refractivity contribution in [1.82, 2.24) is 10.3 Å². The minimum absolute atomic E-state index is 0. The molecule has 0 radical (unpaired) electrons. The molecule has 2 N–H and O–H groups in total. The van der Waals surface area contributed by atoms with E-state index in [-0.39, 0.29) is 12.4 Å². The molecule has 0 saturated carbocycles. The van der Waals surface area contributed by atoms with Gasteiger partial charge in [0.2, 0.25) is 0 Å². The zero-order chi connectivity index (χ0) is 10.5. The highest BCUT2D eigenvalue weighted by Crippen LogP contribution is 2.11. The van der Waals surface area contributed by atoms with E-state index in [9.17, 15) is 0 Å². The van der Waals surface area contributed by atoms with Crippen LogP contribution in [0.15, 0.2) is 22.8 Å². The van der Waals surface area contributed by atoms with Gasteiger partial charge in [-0.1, -0.05) is 12.5 Å². The van der Waals surface area contributed by atoms with Crippen LogP contribution >= 0.6 is 28.3 Å². The molecule has 1 aromatic heterocycles. The van der Waals surface area contributed by atoms with Crippen molar-refractivity contribution in [3.05, 3.63) is 22.8 Å². The van der Waals surface area contributed by atoms with Crippen LogP contribution in [0.2, 0.25) is 0 Å². The standard InChI is InChI=1S/C11H16BrN3.ClH/c12-10-5-3-6-11(15-10)14-8-9-4-1-2-7-13-9;/h3,5-6,9,13H,1-2,4,7-8H2,(H,14,15);1H. The maximum absolute atomic E-state index is 4.34. The molecule has 0 amide bonds. The van der Waals surface area contributed by atoms with E-state index in [1.54, 1.807) is 0 Å². The Labute approximate surface area is 111 Å². The highest BCUT2D eigenvalue weighted by Gasteiger charge is 2.11. The van der Waals surface area contributed by atoms with Gasteiger partial charge in [-0.2, -0.15) is 0 Å². The minimum atomic E-state index is 0. The zero-order valence-electron chi connectivity index (χ0n) is 9.08. The Hall–Kier alpha value is -0.320. The first-order valence-corrected chi connectivity index (χ1v) is 6.24. The fraction of sp³-hybridized carbons (Fsp3) is 0.545. The second-order valence-corrected chi connectivity index (χ2v) is 4.69. The third-order valence-corrected chi connectivity index (χ3v) is 3.10. The van der Waals surface area contributed by atoms with E-state index in [1.807, 2.05) is 18.2 Å². The van der Waals surface area contributed by atoms with Crippen LogP contribution in [0.1, 0.15) is 19.3 Å². The van der Waals surface area contributed by atoms with Crippen LogP contribution in [-0.4, -0.2) is 24.1 Å². The third-order valence-electron chi connectivity index (χ3n) is 2.66. The summed E-state index contributed by atoms with van der Waals surface area (Å²) in [5.41, 5.74) is 0. The molecule has 0 aromatic carbocycles. The minimum Gasteiger partial charge on any atom is -0.368 e. The maximum Gasteiger partial charge on any atom is 0.127 e. The van der Waals surface area contributed by atoms with Gasteiger partial charge in [0.05, 0.1) is 0 Å². The lowest BCUT2D eigenvalue weighted by atomic mass is 10.1. The predicted molar refractivity (Wildman–Crippen MR) is 73.3 cm³/mol. The number of nitrogens with one attached hydrogen (secondary N) is 2. The predicted octanol–water partition coefficient (Wildman–Crippen LogP) is 2.82. The number of hydrogen-bond acceptors (Lipinski definition) is 3. The molecule has 1 saturated heterocycles. The summed E-state index contributed by atoms with van der Waals surface area (Å²) >= 11 is 3.36. The molecule has 16 heavy (non-hydrogen) atoms. The van der Waals surface area contributed by atoms with Crippen LogP contribution in [0.5, 0.6) is 0 Å². The van der Waals surface area contributed by atoms with E-state index in [1.165, 1.54) is 19.3 Å². The highest BCUT2D eigenvalue weighted by molar-refractivity contribution is 9.10. The highest BCUT2D eigenvalue weighted by atomic mass is 79.9. The van der Waals surface area contributed by atoms with Crippen molar-refractivity contribution in [2.75, 3.05) is 18.4 Å². The van der Waals surface area contributed by atoms with Gasteiger partial charge in [0.1, 0.15) is 10.4 Å². The van der Waals surface area contributed by atoms with E-state index >= 15 is 0 Å². The van der Waals surface area contributed by atoms with E-state index in [0.717, 1.165) is 23.5 Å². The number of rotatable bonds is 3. The lowest BCUT2D eigenvalue weighted by Gasteiger charge is -2.23. The molecule has 0 aliphatic carbocycles. The third kappa shape index (κ3) is 4.28. The normalized spacial score (nSPS) is 19.9. The van der Waals surface area contributed by atoms with Crippen molar-refractivity contribution in [1.29, 1.82) is 0 Å². The van der Waals surface area contributed by atoms with Gasteiger partial charge >= 0.3 is 0 Å². The van der Waals surface area contributed by atoms with Crippen molar-refractivity contribution in [2.24, 2.45) is 0 Å². The molecular weight excluding hydrogens is 289 g/mol. The zero-order valence-corrected chi connectivity index (χ0v) is 11.5. The van der Waals surface area contributed by atoms with Gasteiger partial charge in [0, 0.05) is 12.6 Å². The van der Waals surface area contributed by atoms with Crippen LogP contribution in [0.3, 0.4) is 0 Å². The lowest BCUT2D eigenvalue weighted by Crippen LogP contribution is -2.39. The SMILES string of the molecule is Brc1cccc(NCC2CCCCN2)n1.Cl. The maximum atomic E-state index is 4.34. The fourth-order valence-corrected chi connectivity index (χ4v) is 2.18. The van der Waals surface area contributed by atoms with Gasteiger partial charge in [-0.25, -0.2) is 4.98 Å². The summed E-state index contributed by atoms with van der Waals surface area (Å²) < 4.78 is 0.879. The molecule has 1 aliphatic heterocycles. The number of aromatic nitrogens is 1. The molecule has 1 fully saturated rings. The number of halogens is 2. The molecule has 2 heterocycles. The molecule has 1 aliphatic rings. The van der Waals surface area contributed by atoms with Crippen molar-refractivity contribution in [3.8, 4) is 0 Å². The van der Waals surface area contributed by atoms with Crippen LogP contribution in [0.25, 0.3) is 0 Å². The van der Waals surface area contributed by atoms with Crippen LogP contribution in [0, 0.1) is 0 Å². The van der Waals surface area contributed by atoms with Crippen molar-refractivity contribution >= 4 is 34.2 Å². The smallest absolute Gasteiger partial charge is 0.127 e. The number of nitrogens with zero attached hydrogens (tertiary/aromatic N) is 1. The average molecular weight is 307 g/mol. The van der Waals surface area contributed by atoms with Gasteiger partial charge in [0.15, 0.2) is 0 Å². The Balaban J connectivity index is 0.00000128. The van der Waals surface area contributed by atoms with Gasteiger partial charge in [-0.15, -0.1) is 12.4 Å². The average Bonchev–Trinajstić information content (AvgIpc) is 2.28. The van der Waals surface area contributed by atoms with Gasteiger partial charge in [-0.05, 0) is 47.4 Å². The summed E-state index contributed by atoms with van der Waals surface area (Å²) in [5, 5.41) is 6.85. The monoisotopic (exact) mass is 305 g/mol. The summed E-state index contributed by atoms with van der Waals surface area (Å²) in [5.74, 6) is 0.941. The molecule has 0 bridgehead atoms. The Morgan fingerprint density at radius 3 is 3.00 bits per heavy atom. The van der Waals surface area contributed by atoms with Crippen LogP contribution < -0.4 is 10.6 Å². The summed E-state index contributed by atoms with van der Waals surface area (Å²) in [7, 11) is 0. The van der Waals surface area contributed by atoms with Crippen molar-refractivity contribution in [2.45, 2.75) is 25.3 Å². The molecule has 1 atom stereocenters. The van der Waals surface area contributed by atoms with Crippen molar-refractivity contribution < 1.29 is 0 Å². The number of anilines is 1. The quantitative estimate of drug-likeness (QED) is 0.843. The van der Waals surface area contributed by atoms with Gasteiger partial charge < -0.3 is 10.6 Å². The summed E-state index contributed by atoms with van der Waals surface area (Å²) in [6, 6.07) is 6.52. The van der Waals surface area contributed by atoms with E-state index in [0.29, 0.717) is 6.04 Å². The molecule has 2 rings (SSSR count). The molecule has 1 unspecified atom stereocenters. The first-order chi connectivity index (χ1) is 7.34. The first-order valence-electron chi connectivity index (χ1n) is 5.44. The topological polar surface area (TPSA) is 37.0 Å². The van der Waals surface area contributed by atoms with Gasteiger partial charge in [-0.3, -0.25) is 0 Å². The second-order valence-electron chi connectivity index (χ2n) is 3.87. The first kappa shape index (κ1) is 13.7. The largest absolute Gasteiger partial charge is 0.368 e. The Morgan fingerprint density at radius 1 is 1.44 bits per heavy atom. The molecule has 5 heteroatoms. The Kier molecular flexibility index (Phi) is 6.09. The summed E-state index contributed by atoms with van der Waals surface area (Å²) in [4.78, 5) is 4.34. The lowest BCUT2D eigenvalue weighted by molar-refractivity contribution is 0.414. The van der Waals surface area contributed by atoms with Crippen molar-refractivity contribution in [3.63, 3.8) is 0 Å². The van der Waals surface area contributed by atoms with Gasteiger partial charge in [0.25, 0.3) is 0 Å². The second kappa shape index (κ2) is 7.09. The number of pyridine rings is 1. The van der Waals surface area contributed by atoms with Crippen LogP contribution in [-0.2, 0) is 0 Å². The Bertz CT molecular complexity index is 316. The molecule has 90 valence electrons. The summed E-state index contributed by atoms with van der Waals surface area (Å²) in [6.45, 7) is 2.11. The number of hydrogen-bond donors (Lipinski definition) is 2. The molecule has 1 aromatic rings. The molecule has 3 nitrogen and oxygen atoms in total. The molecule has 0 spiro atoms. The summed E-state index contributed by atoms with van der Waals surface area (Å²) in [6.07, 6.45) is 3.91.